The molecule has 1 aromatic heterocycles. The first kappa shape index (κ1) is 11.9. The van der Waals surface area contributed by atoms with Crippen LogP contribution in [0.15, 0.2) is 30.3 Å². The van der Waals surface area contributed by atoms with Crippen molar-refractivity contribution in [3.8, 4) is 5.69 Å². The summed E-state index contributed by atoms with van der Waals surface area (Å²) in [7, 11) is 0. The lowest BCUT2D eigenvalue weighted by atomic mass is 10.0. The average molecular weight is 281 g/mol. The molecule has 3 aliphatic rings. The number of aliphatic hydroxyl groups excluding tert-OH is 1. The average Bonchev–Trinajstić information content (AvgIpc) is 2.90. The van der Waals surface area contributed by atoms with Gasteiger partial charge in [-0.25, -0.2) is 0 Å². The van der Waals surface area contributed by atoms with Gasteiger partial charge >= 0.3 is 0 Å². The molecule has 1 aromatic carbocycles. The van der Waals surface area contributed by atoms with Gasteiger partial charge in [-0.2, -0.15) is 0 Å². The Morgan fingerprint density at radius 1 is 1.05 bits per heavy atom. The summed E-state index contributed by atoms with van der Waals surface area (Å²) in [4.78, 5) is 0. The minimum atomic E-state index is -0.0587. The van der Waals surface area contributed by atoms with Gasteiger partial charge in [0.25, 0.3) is 0 Å². The van der Waals surface area contributed by atoms with Crippen LogP contribution in [0.5, 0.6) is 0 Å². The molecule has 2 aromatic rings. The van der Waals surface area contributed by atoms with Gasteiger partial charge < -0.3 is 5.11 Å². The predicted octanol–water partition coefficient (Wildman–Crippen LogP) is 2.52. The Bertz CT molecular complexity index is 665. The summed E-state index contributed by atoms with van der Waals surface area (Å²) in [6.07, 6.45) is 4.27. The number of hydrogen-bond donors (Lipinski definition) is 1. The minimum absolute atomic E-state index is 0.0587. The number of hydrogen-bond acceptors (Lipinski definition) is 3. The van der Waals surface area contributed by atoms with E-state index < -0.39 is 0 Å². The van der Waals surface area contributed by atoms with Crippen LogP contribution in [0.1, 0.15) is 36.8 Å². The summed E-state index contributed by atoms with van der Waals surface area (Å²) in [6, 6.07) is 10.2. The molecule has 21 heavy (non-hydrogen) atoms. The van der Waals surface area contributed by atoms with Crippen molar-refractivity contribution in [1.29, 1.82) is 0 Å². The molecule has 5 rings (SSSR count). The highest BCUT2D eigenvalue weighted by Gasteiger charge is 2.66. The highest BCUT2D eigenvalue weighted by Crippen LogP contribution is 2.72. The van der Waals surface area contributed by atoms with Crippen LogP contribution < -0.4 is 0 Å². The fraction of sp³-hybridized carbons (Fsp3) is 0.529. The molecule has 3 fully saturated rings. The van der Waals surface area contributed by atoms with E-state index >= 15 is 0 Å². The van der Waals surface area contributed by atoms with E-state index in [0.717, 1.165) is 35.2 Å². The van der Waals surface area contributed by atoms with Crippen LogP contribution in [-0.2, 0) is 6.61 Å². The lowest BCUT2D eigenvalue weighted by Gasteiger charge is -2.12. The van der Waals surface area contributed by atoms with Crippen molar-refractivity contribution in [2.75, 3.05) is 0 Å². The topological polar surface area (TPSA) is 50.9 Å². The number of aromatic nitrogens is 3. The molecule has 3 saturated carbocycles. The second-order valence-electron chi connectivity index (χ2n) is 6.82. The third-order valence-corrected chi connectivity index (χ3v) is 5.94. The summed E-state index contributed by atoms with van der Waals surface area (Å²) in [5.74, 6) is 5.82. The van der Waals surface area contributed by atoms with Crippen molar-refractivity contribution in [1.82, 2.24) is 14.8 Å². The number of fused-ring (bicyclic) bond motifs is 5. The SMILES string of the molecule is OCc1nnc(C2C3C4CCC(C4)C23)n1-c1ccccc1. The van der Waals surface area contributed by atoms with Gasteiger partial charge in [0.05, 0.1) is 0 Å². The fourth-order valence-corrected chi connectivity index (χ4v) is 5.18. The molecule has 3 aliphatic carbocycles. The molecule has 0 aliphatic heterocycles. The monoisotopic (exact) mass is 281 g/mol. The van der Waals surface area contributed by atoms with Gasteiger partial charge in [0, 0.05) is 11.6 Å². The van der Waals surface area contributed by atoms with E-state index in [-0.39, 0.29) is 6.61 Å². The zero-order chi connectivity index (χ0) is 14.0. The quantitative estimate of drug-likeness (QED) is 0.940. The maximum atomic E-state index is 9.59. The molecular weight excluding hydrogens is 262 g/mol. The molecule has 0 spiro atoms. The maximum Gasteiger partial charge on any atom is 0.163 e. The molecule has 108 valence electrons. The Balaban J connectivity index is 1.58. The highest BCUT2D eigenvalue weighted by atomic mass is 16.3. The molecule has 2 bridgehead atoms. The molecule has 1 heterocycles. The van der Waals surface area contributed by atoms with Crippen LogP contribution in [-0.4, -0.2) is 19.9 Å². The Morgan fingerprint density at radius 2 is 1.76 bits per heavy atom. The number of aliphatic hydroxyl groups is 1. The largest absolute Gasteiger partial charge is 0.388 e. The number of rotatable bonds is 3. The van der Waals surface area contributed by atoms with Gasteiger partial charge in [-0.1, -0.05) is 18.2 Å². The van der Waals surface area contributed by atoms with Crippen LogP contribution in [0.4, 0.5) is 0 Å². The zero-order valence-electron chi connectivity index (χ0n) is 11.9. The summed E-state index contributed by atoms with van der Waals surface area (Å²) < 4.78 is 2.09. The first-order chi connectivity index (χ1) is 10.4. The molecule has 0 radical (unpaired) electrons. The van der Waals surface area contributed by atoms with E-state index in [9.17, 15) is 5.11 Å². The predicted molar refractivity (Wildman–Crippen MR) is 77.8 cm³/mol. The molecule has 0 amide bonds. The van der Waals surface area contributed by atoms with Crippen LogP contribution in [0.3, 0.4) is 0 Å². The normalized spacial score (nSPS) is 36.0. The van der Waals surface area contributed by atoms with Crippen LogP contribution in [0, 0.1) is 23.7 Å². The highest BCUT2D eigenvalue weighted by molar-refractivity contribution is 5.37. The Kier molecular flexibility index (Phi) is 2.37. The van der Waals surface area contributed by atoms with E-state index in [1.807, 2.05) is 18.2 Å². The third-order valence-electron chi connectivity index (χ3n) is 5.94. The smallest absolute Gasteiger partial charge is 0.163 e. The summed E-state index contributed by atoms with van der Waals surface area (Å²) in [5.41, 5.74) is 1.07. The fourth-order valence-electron chi connectivity index (χ4n) is 5.18. The van der Waals surface area contributed by atoms with Gasteiger partial charge in [0.2, 0.25) is 0 Å². The van der Waals surface area contributed by atoms with E-state index in [0.29, 0.717) is 11.7 Å². The van der Waals surface area contributed by atoms with Crippen molar-refractivity contribution in [2.45, 2.75) is 31.8 Å². The van der Waals surface area contributed by atoms with Crippen molar-refractivity contribution in [3.63, 3.8) is 0 Å². The van der Waals surface area contributed by atoms with E-state index in [1.54, 1.807) is 0 Å². The lowest BCUT2D eigenvalue weighted by molar-refractivity contribution is 0.268. The van der Waals surface area contributed by atoms with E-state index in [1.165, 1.54) is 19.3 Å². The second kappa shape index (κ2) is 4.17. The van der Waals surface area contributed by atoms with Crippen molar-refractivity contribution < 1.29 is 5.11 Å². The van der Waals surface area contributed by atoms with Gasteiger partial charge in [0.15, 0.2) is 5.82 Å². The molecule has 4 atom stereocenters. The number of nitrogens with zero attached hydrogens (tertiary/aromatic N) is 3. The molecule has 1 N–H and O–H groups in total. The second-order valence-corrected chi connectivity index (χ2v) is 6.82. The Morgan fingerprint density at radius 3 is 2.43 bits per heavy atom. The zero-order valence-corrected chi connectivity index (χ0v) is 11.9. The van der Waals surface area contributed by atoms with Gasteiger partial charge in [-0.15, -0.1) is 10.2 Å². The molecular formula is C17H19N3O. The molecule has 4 unspecified atom stereocenters. The van der Waals surface area contributed by atoms with Crippen LogP contribution in [0.25, 0.3) is 5.69 Å². The van der Waals surface area contributed by atoms with E-state index in [4.69, 9.17) is 0 Å². The summed E-state index contributed by atoms with van der Waals surface area (Å²) in [6.45, 7) is -0.0587. The summed E-state index contributed by atoms with van der Waals surface area (Å²) >= 11 is 0. The Hall–Kier alpha value is -1.68. The summed E-state index contributed by atoms with van der Waals surface area (Å²) in [5, 5.41) is 18.3. The minimum Gasteiger partial charge on any atom is -0.388 e. The maximum absolute atomic E-state index is 9.59. The molecule has 4 nitrogen and oxygen atoms in total. The van der Waals surface area contributed by atoms with Crippen LogP contribution >= 0.6 is 0 Å². The van der Waals surface area contributed by atoms with Gasteiger partial charge in [-0.3, -0.25) is 4.57 Å². The van der Waals surface area contributed by atoms with Crippen LogP contribution in [0.2, 0.25) is 0 Å². The van der Waals surface area contributed by atoms with Crippen molar-refractivity contribution >= 4 is 0 Å². The number of para-hydroxylation sites is 1. The third kappa shape index (κ3) is 1.54. The molecule has 4 heteroatoms. The van der Waals surface area contributed by atoms with Crippen molar-refractivity contribution in [2.24, 2.45) is 23.7 Å². The first-order valence-electron chi connectivity index (χ1n) is 7.99. The van der Waals surface area contributed by atoms with Gasteiger partial charge in [-0.05, 0) is 55.1 Å². The Labute approximate surface area is 123 Å². The van der Waals surface area contributed by atoms with Gasteiger partial charge in [0.1, 0.15) is 12.4 Å². The van der Waals surface area contributed by atoms with Crippen molar-refractivity contribution in [3.05, 3.63) is 42.0 Å². The van der Waals surface area contributed by atoms with E-state index in [2.05, 4.69) is 26.9 Å². The standard InChI is InChI=1S/C17H19N3O/c21-9-13-18-19-17(20(13)12-4-2-1-3-5-12)16-14-10-6-7-11(8-10)15(14)16/h1-5,10-11,14-16,21H,6-9H2. The first-order valence-corrected chi connectivity index (χ1v) is 7.99. The lowest BCUT2D eigenvalue weighted by Crippen LogP contribution is -2.08. The molecule has 0 saturated heterocycles. The number of benzene rings is 1.